The van der Waals surface area contributed by atoms with Gasteiger partial charge >= 0.3 is 0 Å². The number of hydrogen-bond donors (Lipinski definition) is 2. The largest absolute Gasteiger partial charge is 0.495 e. The van der Waals surface area contributed by atoms with Gasteiger partial charge in [-0.15, -0.1) is 0 Å². The van der Waals surface area contributed by atoms with E-state index in [2.05, 4.69) is 16.7 Å². The summed E-state index contributed by atoms with van der Waals surface area (Å²) in [5, 5.41) is 14.9. The first-order valence-electron chi connectivity index (χ1n) is 6.18. The standard InChI is InChI=1S/C14H19N3O2/c1-10(2)17-13(18)7-8-16-14-11(9-15)5-4-6-12(14)19-3/h4-6,10,16H,7-8H2,1-3H3,(H,17,18). The van der Waals surface area contributed by atoms with Gasteiger partial charge in [0.1, 0.15) is 11.8 Å². The van der Waals surface area contributed by atoms with Crippen molar-refractivity contribution in [3.8, 4) is 11.8 Å². The number of rotatable bonds is 6. The van der Waals surface area contributed by atoms with Crippen LogP contribution in [0, 0.1) is 11.3 Å². The monoisotopic (exact) mass is 261 g/mol. The molecule has 1 amide bonds. The third kappa shape index (κ3) is 4.51. The van der Waals surface area contributed by atoms with Gasteiger partial charge in [0.2, 0.25) is 5.91 Å². The lowest BCUT2D eigenvalue weighted by Crippen LogP contribution is -2.31. The number of nitrogens with zero attached hydrogens (tertiary/aromatic N) is 1. The number of amides is 1. The van der Waals surface area contributed by atoms with E-state index in [1.54, 1.807) is 25.3 Å². The van der Waals surface area contributed by atoms with Crippen molar-refractivity contribution in [3.05, 3.63) is 23.8 Å². The molecule has 0 saturated heterocycles. The van der Waals surface area contributed by atoms with Crippen LogP contribution in [-0.2, 0) is 4.79 Å². The van der Waals surface area contributed by atoms with Crippen molar-refractivity contribution in [2.75, 3.05) is 19.0 Å². The second-order valence-corrected chi connectivity index (χ2v) is 4.39. The Morgan fingerprint density at radius 3 is 2.79 bits per heavy atom. The number of ether oxygens (including phenoxy) is 1. The molecule has 0 unspecified atom stereocenters. The first-order chi connectivity index (χ1) is 9.08. The van der Waals surface area contributed by atoms with Gasteiger partial charge in [-0.25, -0.2) is 0 Å². The van der Waals surface area contributed by atoms with Crippen molar-refractivity contribution in [1.82, 2.24) is 5.32 Å². The minimum Gasteiger partial charge on any atom is -0.495 e. The molecule has 1 rings (SSSR count). The van der Waals surface area contributed by atoms with Crippen molar-refractivity contribution in [2.24, 2.45) is 0 Å². The lowest BCUT2D eigenvalue weighted by molar-refractivity contribution is -0.121. The fourth-order valence-electron chi connectivity index (χ4n) is 1.67. The Morgan fingerprint density at radius 2 is 2.21 bits per heavy atom. The Balaban J connectivity index is 2.63. The summed E-state index contributed by atoms with van der Waals surface area (Å²) in [6, 6.07) is 7.47. The Hall–Kier alpha value is -2.22. The number of carbonyl (C=O) groups excluding carboxylic acids is 1. The molecule has 0 radical (unpaired) electrons. The number of hydrogen-bond acceptors (Lipinski definition) is 4. The molecule has 0 saturated carbocycles. The molecule has 19 heavy (non-hydrogen) atoms. The summed E-state index contributed by atoms with van der Waals surface area (Å²) in [6.07, 6.45) is 0.348. The van der Waals surface area contributed by atoms with Crippen LogP contribution in [-0.4, -0.2) is 25.6 Å². The van der Waals surface area contributed by atoms with Crippen molar-refractivity contribution in [3.63, 3.8) is 0 Å². The van der Waals surface area contributed by atoms with Crippen LogP contribution in [0.4, 0.5) is 5.69 Å². The molecule has 0 aliphatic rings. The Bertz CT molecular complexity index is 478. The molecule has 2 N–H and O–H groups in total. The Kier molecular flexibility index (Phi) is 5.68. The summed E-state index contributed by atoms with van der Waals surface area (Å²) in [6.45, 7) is 4.28. The van der Waals surface area contributed by atoms with E-state index in [1.807, 2.05) is 13.8 Å². The molecule has 5 heteroatoms. The number of methoxy groups -OCH3 is 1. The number of nitrogens with one attached hydrogen (secondary N) is 2. The van der Waals surface area contributed by atoms with Crippen LogP contribution in [0.2, 0.25) is 0 Å². The average Bonchev–Trinajstić information content (AvgIpc) is 2.37. The van der Waals surface area contributed by atoms with E-state index in [0.717, 1.165) is 0 Å². The number of nitriles is 1. The molecule has 0 aromatic heterocycles. The highest BCUT2D eigenvalue weighted by atomic mass is 16.5. The second kappa shape index (κ2) is 7.27. The van der Waals surface area contributed by atoms with E-state index in [-0.39, 0.29) is 11.9 Å². The van der Waals surface area contributed by atoms with Gasteiger partial charge in [-0.1, -0.05) is 6.07 Å². The highest BCUT2D eigenvalue weighted by Crippen LogP contribution is 2.27. The van der Waals surface area contributed by atoms with Crippen LogP contribution in [0.25, 0.3) is 0 Å². The zero-order chi connectivity index (χ0) is 14.3. The van der Waals surface area contributed by atoms with Gasteiger partial charge in [0.25, 0.3) is 0 Å². The summed E-state index contributed by atoms with van der Waals surface area (Å²) in [7, 11) is 1.55. The normalized spacial score (nSPS) is 9.84. The van der Waals surface area contributed by atoms with Gasteiger partial charge in [0.05, 0.1) is 18.4 Å². The van der Waals surface area contributed by atoms with Crippen molar-refractivity contribution >= 4 is 11.6 Å². The van der Waals surface area contributed by atoms with Crippen molar-refractivity contribution in [1.29, 1.82) is 5.26 Å². The number of benzene rings is 1. The first-order valence-corrected chi connectivity index (χ1v) is 6.18. The van der Waals surface area contributed by atoms with Crippen LogP contribution in [0.15, 0.2) is 18.2 Å². The number of carbonyl (C=O) groups is 1. The molecule has 102 valence electrons. The van der Waals surface area contributed by atoms with Crippen LogP contribution < -0.4 is 15.4 Å². The molecule has 0 atom stereocenters. The van der Waals surface area contributed by atoms with Crippen LogP contribution >= 0.6 is 0 Å². The smallest absolute Gasteiger partial charge is 0.221 e. The lowest BCUT2D eigenvalue weighted by atomic mass is 10.1. The maximum Gasteiger partial charge on any atom is 0.221 e. The topological polar surface area (TPSA) is 74.1 Å². The maximum absolute atomic E-state index is 11.5. The van der Waals surface area contributed by atoms with Gasteiger partial charge in [0, 0.05) is 19.0 Å². The van der Waals surface area contributed by atoms with E-state index in [1.165, 1.54) is 0 Å². The zero-order valence-corrected chi connectivity index (χ0v) is 11.5. The summed E-state index contributed by atoms with van der Waals surface area (Å²) < 4.78 is 5.20. The van der Waals surface area contributed by atoms with E-state index in [4.69, 9.17) is 10.00 Å². The molecule has 0 aliphatic carbocycles. The molecule has 0 heterocycles. The van der Waals surface area contributed by atoms with Gasteiger partial charge < -0.3 is 15.4 Å². The molecular weight excluding hydrogens is 242 g/mol. The molecule has 1 aromatic carbocycles. The quantitative estimate of drug-likeness (QED) is 0.820. The maximum atomic E-state index is 11.5. The molecule has 5 nitrogen and oxygen atoms in total. The molecular formula is C14H19N3O2. The second-order valence-electron chi connectivity index (χ2n) is 4.39. The highest BCUT2D eigenvalue weighted by Gasteiger charge is 2.09. The van der Waals surface area contributed by atoms with Crippen molar-refractivity contribution < 1.29 is 9.53 Å². The van der Waals surface area contributed by atoms with E-state index in [9.17, 15) is 4.79 Å². The predicted octanol–water partition coefficient (Wildman–Crippen LogP) is 1.89. The van der Waals surface area contributed by atoms with Crippen LogP contribution in [0.3, 0.4) is 0 Å². The number of anilines is 1. The van der Waals surface area contributed by atoms with Crippen LogP contribution in [0.5, 0.6) is 5.75 Å². The Morgan fingerprint density at radius 1 is 1.47 bits per heavy atom. The predicted molar refractivity (Wildman–Crippen MR) is 74.1 cm³/mol. The highest BCUT2D eigenvalue weighted by molar-refractivity contribution is 5.77. The summed E-state index contributed by atoms with van der Waals surface area (Å²) in [5.74, 6) is 0.583. The molecule has 0 bridgehead atoms. The van der Waals surface area contributed by atoms with Gasteiger partial charge in [-0.05, 0) is 26.0 Å². The molecule has 1 aromatic rings. The minimum absolute atomic E-state index is 0.0177. The van der Waals surface area contributed by atoms with Gasteiger partial charge in [-0.3, -0.25) is 4.79 Å². The van der Waals surface area contributed by atoms with Gasteiger partial charge in [0.15, 0.2) is 0 Å². The Labute approximate surface area is 113 Å². The SMILES string of the molecule is COc1cccc(C#N)c1NCCC(=O)NC(C)C. The number of para-hydroxylation sites is 1. The van der Waals surface area contributed by atoms with E-state index < -0.39 is 0 Å². The zero-order valence-electron chi connectivity index (χ0n) is 11.5. The minimum atomic E-state index is -0.0177. The summed E-state index contributed by atoms with van der Waals surface area (Å²) in [5.41, 5.74) is 1.13. The molecule has 0 aliphatic heterocycles. The van der Waals surface area contributed by atoms with E-state index >= 15 is 0 Å². The summed E-state index contributed by atoms with van der Waals surface area (Å²) in [4.78, 5) is 11.5. The molecule has 0 spiro atoms. The third-order valence-corrected chi connectivity index (χ3v) is 2.47. The lowest BCUT2D eigenvalue weighted by Gasteiger charge is -2.13. The summed E-state index contributed by atoms with van der Waals surface area (Å²) >= 11 is 0. The average molecular weight is 261 g/mol. The van der Waals surface area contributed by atoms with E-state index in [0.29, 0.717) is 30.0 Å². The van der Waals surface area contributed by atoms with Crippen LogP contribution in [0.1, 0.15) is 25.8 Å². The van der Waals surface area contributed by atoms with Gasteiger partial charge in [-0.2, -0.15) is 5.26 Å². The molecule has 0 fully saturated rings. The fourth-order valence-corrected chi connectivity index (χ4v) is 1.67. The van der Waals surface area contributed by atoms with Crippen molar-refractivity contribution in [2.45, 2.75) is 26.3 Å². The third-order valence-electron chi connectivity index (χ3n) is 2.47. The first kappa shape index (κ1) is 14.8. The fraction of sp³-hybridized carbons (Fsp3) is 0.429.